The van der Waals surface area contributed by atoms with Crippen LogP contribution in [0.4, 0.5) is 0 Å². The van der Waals surface area contributed by atoms with Crippen molar-refractivity contribution in [3.05, 3.63) is 12.2 Å². The first-order valence-corrected chi connectivity index (χ1v) is 10.6. The Morgan fingerprint density at radius 1 is 1.12 bits per heavy atom. The zero-order valence-corrected chi connectivity index (χ0v) is 19.5. The van der Waals surface area contributed by atoms with Gasteiger partial charge in [-0.25, -0.2) is 4.79 Å². The SMILES string of the molecule is C=C(C)C(=O)OCC1OC(OC)C(NC(C)=O)C(OC2OC(C(C)(C)O)CC(O)C2O)C1O. The average molecular weight is 478 g/mol. The van der Waals surface area contributed by atoms with Gasteiger partial charge in [0.2, 0.25) is 5.91 Å². The van der Waals surface area contributed by atoms with Crippen molar-refractivity contribution in [2.75, 3.05) is 13.7 Å². The van der Waals surface area contributed by atoms with Gasteiger partial charge in [0.05, 0.1) is 17.8 Å². The summed E-state index contributed by atoms with van der Waals surface area (Å²) < 4.78 is 27.6. The van der Waals surface area contributed by atoms with Crippen molar-refractivity contribution in [1.29, 1.82) is 0 Å². The van der Waals surface area contributed by atoms with Crippen LogP contribution in [-0.2, 0) is 33.3 Å². The molecule has 2 heterocycles. The molecule has 0 aromatic carbocycles. The van der Waals surface area contributed by atoms with Crippen LogP contribution < -0.4 is 5.32 Å². The molecule has 5 N–H and O–H groups in total. The highest BCUT2D eigenvalue weighted by molar-refractivity contribution is 5.86. The Kier molecular flexibility index (Phi) is 9.36. The molecular formula is C21H35NO11. The molecule has 9 unspecified atom stereocenters. The van der Waals surface area contributed by atoms with Gasteiger partial charge in [0.15, 0.2) is 12.6 Å². The molecule has 2 aliphatic heterocycles. The first-order chi connectivity index (χ1) is 15.3. The second-order valence-electron chi connectivity index (χ2n) is 8.92. The number of aliphatic hydroxyl groups excluding tert-OH is 3. The normalized spacial score (nSPS) is 37.3. The molecule has 33 heavy (non-hydrogen) atoms. The van der Waals surface area contributed by atoms with Crippen molar-refractivity contribution in [2.24, 2.45) is 0 Å². The predicted molar refractivity (Wildman–Crippen MR) is 112 cm³/mol. The molecule has 2 fully saturated rings. The Labute approximate surface area is 192 Å². The maximum absolute atomic E-state index is 11.8. The zero-order chi connectivity index (χ0) is 25.1. The number of aliphatic hydroxyl groups is 4. The summed E-state index contributed by atoms with van der Waals surface area (Å²) in [6.07, 6.45) is -10.2. The Balaban J connectivity index is 2.29. The average Bonchev–Trinajstić information content (AvgIpc) is 2.71. The van der Waals surface area contributed by atoms with Crippen LogP contribution in [0, 0.1) is 0 Å². The minimum Gasteiger partial charge on any atom is -0.459 e. The lowest BCUT2D eigenvalue weighted by molar-refractivity contribution is -0.338. The molecule has 9 atom stereocenters. The van der Waals surface area contributed by atoms with Crippen molar-refractivity contribution in [2.45, 2.75) is 95.0 Å². The number of hydrogen-bond donors (Lipinski definition) is 5. The fraction of sp³-hybridized carbons (Fsp3) is 0.810. The van der Waals surface area contributed by atoms with Gasteiger partial charge in [0, 0.05) is 26.0 Å². The highest BCUT2D eigenvalue weighted by Gasteiger charge is 2.51. The number of amides is 1. The summed E-state index contributed by atoms with van der Waals surface area (Å²) in [6.45, 7) is 8.78. The molecule has 0 bridgehead atoms. The first kappa shape index (κ1) is 27.6. The number of nitrogens with one attached hydrogen (secondary N) is 1. The molecule has 2 aliphatic rings. The molecular weight excluding hydrogens is 442 g/mol. The zero-order valence-electron chi connectivity index (χ0n) is 19.5. The quantitative estimate of drug-likeness (QED) is 0.200. The van der Waals surface area contributed by atoms with E-state index in [4.69, 9.17) is 23.7 Å². The Bertz CT molecular complexity index is 709. The lowest BCUT2D eigenvalue weighted by Gasteiger charge is -2.47. The predicted octanol–water partition coefficient (Wildman–Crippen LogP) is -1.66. The van der Waals surface area contributed by atoms with Crippen LogP contribution in [0.5, 0.6) is 0 Å². The van der Waals surface area contributed by atoms with Gasteiger partial charge >= 0.3 is 5.97 Å². The number of hydrogen-bond acceptors (Lipinski definition) is 11. The summed E-state index contributed by atoms with van der Waals surface area (Å²) in [4.78, 5) is 23.6. The lowest BCUT2D eigenvalue weighted by atomic mass is 9.91. The number of carbonyl (C=O) groups excluding carboxylic acids is 2. The number of ether oxygens (including phenoxy) is 5. The van der Waals surface area contributed by atoms with Crippen molar-refractivity contribution >= 4 is 11.9 Å². The van der Waals surface area contributed by atoms with Crippen LogP contribution in [0.25, 0.3) is 0 Å². The van der Waals surface area contributed by atoms with E-state index >= 15 is 0 Å². The third-order valence-electron chi connectivity index (χ3n) is 5.51. The summed E-state index contributed by atoms with van der Waals surface area (Å²) in [5.74, 6) is -1.17. The first-order valence-electron chi connectivity index (χ1n) is 10.6. The van der Waals surface area contributed by atoms with Crippen molar-refractivity contribution in [1.82, 2.24) is 5.32 Å². The maximum atomic E-state index is 11.8. The van der Waals surface area contributed by atoms with E-state index in [1.165, 1.54) is 34.8 Å². The van der Waals surface area contributed by atoms with E-state index in [2.05, 4.69) is 11.9 Å². The van der Waals surface area contributed by atoms with Crippen LogP contribution in [0.15, 0.2) is 12.2 Å². The van der Waals surface area contributed by atoms with Gasteiger partial charge < -0.3 is 49.4 Å². The molecule has 190 valence electrons. The molecule has 0 saturated carbocycles. The summed E-state index contributed by atoms with van der Waals surface area (Å²) in [7, 11) is 1.31. The summed E-state index contributed by atoms with van der Waals surface area (Å²) >= 11 is 0. The highest BCUT2D eigenvalue weighted by atomic mass is 16.7. The summed E-state index contributed by atoms with van der Waals surface area (Å²) in [5.41, 5.74) is -1.21. The van der Waals surface area contributed by atoms with E-state index in [0.717, 1.165) is 0 Å². The molecule has 12 heteroatoms. The number of esters is 1. The third kappa shape index (κ3) is 6.93. The smallest absolute Gasteiger partial charge is 0.333 e. The molecule has 0 radical (unpaired) electrons. The molecule has 1 amide bonds. The number of carbonyl (C=O) groups is 2. The van der Waals surface area contributed by atoms with Crippen LogP contribution in [0.1, 0.15) is 34.1 Å². The van der Waals surface area contributed by atoms with Gasteiger partial charge in [-0.1, -0.05) is 6.58 Å². The van der Waals surface area contributed by atoms with E-state index in [1.54, 1.807) is 0 Å². The van der Waals surface area contributed by atoms with Crippen molar-refractivity contribution in [3.63, 3.8) is 0 Å². The molecule has 0 aromatic rings. The van der Waals surface area contributed by atoms with Gasteiger partial charge in [0.25, 0.3) is 0 Å². The lowest BCUT2D eigenvalue weighted by Crippen LogP contribution is -2.67. The summed E-state index contributed by atoms with van der Waals surface area (Å²) in [6, 6.07) is -1.05. The number of rotatable bonds is 8. The molecule has 0 spiro atoms. The van der Waals surface area contributed by atoms with Crippen LogP contribution >= 0.6 is 0 Å². The fourth-order valence-electron chi connectivity index (χ4n) is 3.65. The minimum absolute atomic E-state index is 0.0455. The van der Waals surface area contributed by atoms with Gasteiger partial charge in [0.1, 0.15) is 37.1 Å². The van der Waals surface area contributed by atoms with Gasteiger partial charge in [-0.3, -0.25) is 4.79 Å². The van der Waals surface area contributed by atoms with Gasteiger partial charge in [-0.05, 0) is 20.8 Å². The number of methoxy groups -OCH3 is 1. The minimum atomic E-state index is -1.50. The largest absolute Gasteiger partial charge is 0.459 e. The van der Waals surface area contributed by atoms with Crippen molar-refractivity contribution < 1.29 is 53.7 Å². The summed E-state index contributed by atoms with van der Waals surface area (Å²) in [5, 5.41) is 44.6. The Morgan fingerprint density at radius 3 is 2.27 bits per heavy atom. The van der Waals surface area contributed by atoms with Crippen LogP contribution in [-0.4, -0.2) is 107 Å². The van der Waals surface area contributed by atoms with Crippen LogP contribution in [0.2, 0.25) is 0 Å². The second-order valence-corrected chi connectivity index (χ2v) is 8.92. The standard InChI is InChI=1S/C21H35NO11/c1-9(2)18(27)30-8-12-16(26)17(14(22-10(3)23)19(29-6)31-12)33-20-15(25)11(24)7-13(32-20)21(4,5)28/h11-17,19-20,24-26,28H,1,7-8H2,2-6H3,(H,22,23). The van der Waals surface area contributed by atoms with E-state index < -0.39 is 72.7 Å². The fourth-order valence-corrected chi connectivity index (χ4v) is 3.65. The second kappa shape index (κ2) is 11.2. The van der Waals surface area contributed by atoms with E-state index in [-0.39, 0.29) is 18.6 Å². The molecule has 0 aromatic heterocycles. The molecule has 12 nitrogen and oxygen atoms in total. The topological polar surface area (TPSA) is 173 Å². The van der Waals surface area contributed by atoms with E-state index in [0.29, 0.717) is 0 Å². The monoisotopic (exact) mass is 477 g/mol. The van der Waals surface area contributed by atoms with E-state index in [9.17, 15) is 30.0 Å². The highest BCUT2D eigenvalue weighted by Crippen LogP contribution is 2.32. The van der Waals surface area contributed by atoms with Crippen LogP contribution in [0.3, 0.4) is 0 Å². The van der Waals surface area contributed by atoms with Gasteiger partial charge in [-0.2, -0.15) is 0 Å². The Morgan fingerprint density at radius 2 is 1.76 bits per heavy atom. The Hall–Kier alpha value is -1.64. The van der Waals surface area contributed by atoms with Crippen molar-refractivity contribution in [3.8, 4) is 0 Å². The van der Waals surface area contributed by atoms with Gasteiger partial charge in [-0.15, -0.1) is 0 Å². The molecule has 2 saturated heterocycles. The molecule has 2 rings (SSSR count). The molecule has 0 aliphatic carbocycles. The third-order valence-corrected chi connectivity index (χ3v) is 5.51. The maximum Gasteiger partial charge on any atom is 0.333 e. The van der Waals surface area contributed by atoms with E-state index in [1.807, 2.05) is 0 Å².